The van der Waals surface area contributed by atoms with Crippen molar-refractivity contribution in [2.24, 2.45) is 5.92 Å². The summed E-state index contributed by atoms with van der Waals surface area (Å²) in [6, 6.07) is 1.62. The van der Waals surface area contributed by atoms with Gasteiger partial charge in [0.25, 0.3) is 0 Å². The Labute approximate surface area is 107 Å². The van der Waals surface area contributed by atoms with Crippen LogP contribution >= 0.6 is 0 Å². The number of hydrogen-bond donors (Lipinski definition) is 1. The first kappa shape index (κ1) is 13.4. The van der Waals surface area contributed by atoms with E-state index in [9.17, 15) is 0 Å². The summed E-state index contributed by atoms with van der Waals surface area (Å²) in [4.78, 5) is 2.77. The Kier molecular flexibility index (Phi) is 4.14. The molecule has 2 saturated carbocycles. The second-order valence-corrected chi connectivity index (χ2v) is 6.84. The molecule has 0 aliphatic heterocycles. The molecule has 2 rings (SSSR count). The number of nitrogens with one attached hydrogen (secondary N) is 1. The highest BCUT2D eigenvalue weighted by Gasteiger charge is 2.36. The average Bonchev–Trinajstić information content (AvgIpc) is 3.15. The zero-order valence-electron chi connectivity index (χ0n) is 12.1. The van der Waals surface area contributed by atoms with E-state index in [4.69, 9.17) is 0 Å². The maximum atomic E-state index is 3.72. The standard InChI is InChI=1S/C15H30N2/c1-5-15(3,4)16-10-12(2)17(14-8-9-14)11-13-6-7-13/h12-14,16H,5-11H2,1-4H3. The highest BCUT2D eigenvalue weighted by atomic mass is 15.2. The first-order valence-corrected chi connectivity index (χ1v) is 7.52. The van der Waals surface area contributed by atoms with Crippen molar-refractivity contribution in [3.63, 3.8) is 0 Å². The summed E-state index contributed by atoms with van der Waals surface area (Å²) in [6.45, 7) is 11.8. The minimum absolute atomic E-state index is 0.295. The first-order chi connectivity index (χ1) is 8.02. The molecule has 0 amide bonds. The molecule has 0 bridgehead atoms. The van der Waals surface area contributed by atoms with Gasteiger partial charge in [0.15, 0.2) is 0 Å². The lowest BCUT2D eigenvalue weighted by atomic mass is 10.0. The molecule has 0 heterocycles. The minimum Gasteiger partial charge on any atom is -0.310 e. The van der Waals surface area contributed by atoms with Crippen LogP contribution in [0.5, 0.6) is 0 Å². The van der Waals surface area contributed by atoms with Gasteiger partial charge in [-0.15, -0.1) is 0 Å². The van der Waals surface area contributed by atoms with Gasteiger partial charge in [0.05, 0.1) is 0 Å². The molecule has 2 nitrogen and oxygen atoms in total. The lowest BCUT2D eigenvalue weighted by Gasteiger charge is -2.33. The molecule has 2 fully saturated rings. The van der Waals surface area contributed by atoms with E-state index in [1.165, 1.54) is 38.6 Å². The van der Waals surface area contributed by atoms with E-state index in [0.717, 1.165) is 18.5 Å². The van der Waals surface area contributed by atoms with Crippen LogP contribution in [0.3, 0.4) is 0 Å². The quantitative estimate of drug-likeness (QED) is 0.699. The summed E-state index contributed by atoms with van der Waals surface area (Å²) in [7, 11) is 0. The molecule has 17 heavy (non-hydrogen) atoms. The van der Waals surface area contributed by atoms with Crippen molar-refractivity contribution in [3.8, 4) is 0 Å². The fraction of sp³-hybridized carbons (Fsp3) is 1.00. The van der Waals surface area contributed by atoms with Gasteiger partial charge >= 0.3 is 0 Å². The fourth-order valence-corrected chi connectivity index (χ4v) is 2.36. The summed E-state index contributed by atoms with van der Waals surface area (Å²) >= 11 is 0. The molecule has 0 radical (unpaired) electrons. The summed E-state index contributed by atoms with van der Waals surface area (Å²) in [5.74, 6) is 1.03. The molecule has 2 heteroatoms. The van der Waals surface area contributed by atoms with Crippen LogP contribution in [0, 0.1) is 5.92 Å². The molecule has 1 atom stereocenters. The van der Waals surface area contributed by atoms with Gasteiger partial charge in [0, 0.05) is 30.7 Å². The summed E-state index contributed by atoms with van der Waals surface area (Å²) in [5, 5.41) is 3.72. The van der Waals surface area contributed by atoms with Gasteiger partial charge in [-0.1, -0.05) is 6.92 Å². The van der Waals surface area contributed by atoms with Crippen molar-refractivity contribution >= 4 is 0 Å². The average molecular weight is 238 g/mol. The maximum Gasteiger partial charge on any atom is 0.0195 e. The molecule has 2 aliphatic carbocycles. The van der Waals surface area contributed by atoms with Crippen LogP contribution in [0.4, 0.5) is 0 Å². The Morgan fingerprint density at radius 1 is 1.24 bits per heavy atom. The third-order valence-electron chi connectivity index (χ3n) is 4.51. The Morgan fingerprint density at radius 3 is 2.35 bits per heavy atom. The molecule has 1 N–H and O–H groups in total. The Hall–Kier alpha value is -0.0800. The second-order valence-electron chi connectivity index (χ2n) is 6.84. The summed E-state index contributed by atoms with van der Waals surface area (Å²) in [5.41, 5.74) is 0.295. The van der Waals surface area contributed by atoms with Gasteiger partial charge < -0.3 is 5.32 Å². The Balaban J connectivity index is 1.77. The maximum absolute atomic E-state index is 3.72. The van der Waals surface area contributed by atoms with Crippen LogP contribution in [0.2, 0.25) is 0 Å². The van der Waals surface area contributed by atoms with Crippen LogP contribution in [-0.4, -0.2) is 35.6 Å². The van der Waals surface area contributed by atoms with Crippen LogP contribution in [0.1, 0.15) is 59.8 Å². The first-order valence-electron chi connectivity index (χ1n) is 7.52. The zero-order valence-corrected chi connectivity index (χ0v) is 12.1. The third kappa shape index (κ3) is 4.26. The smallest absolute Gasteiger partial charge is 0.0195 e. The lowest BCUT2D eigenvalue weighted by molar-refractivity contribution is 0.175. The Morgan fingerprint density at radius 2 is 1.88 bits per heavy atom. The Bertz CT molecular complexity index is 241. The van der Waals surface area contributed by atoms with E-state index in [-0.39, 0.29) is 0 Å². The molecule has 1 unspecified atom stereocenters. The largest absolute Gasteiger partial charge is 0.310 e. The minimum atomic E-state index is 0.295. The van der Waals surface area contributed by atoms with Crippen LogP contribution < -0.4 is 5.32 Å². The number of hydrogen-bond acceptors (Lipinski definition) is 2. The molecule has 0 saturated heterocycles. The van der Waals surface area contributed by atoms with Crippen molar-refractivity contribution in [2.75, 3.05) is 13.1 Å². The SMILES string of the molecule is CCC(C)(C)NCC(C)N(CC1CC1)C1CC1. The predicted molar refractivity (Wildman–Crippen MR) is 74.3 cm³/mol. The number of rotatable bonds is 8. The highest BCUT2D eigenvalue weighted by Crippen LogP contribution is 2.35. The van der Waals surface area contributed by atoms with Crippen molar-refractivity contribution in [1.29, 1.82) is 0 Å². The van der Waals surface area contributed by atoms with Crippen LogP contribution in [0.15, 0.2) is 0 Å². The molecular weight excluding hydrogens is 208 g/mol. The van der Waals surface area contributed by atoms with Crippen molar-refractivity contribution in [2.45, 2.75) is 77.4 Å². The molecule has 0 aromatic rings. The van der Waals surface area contributed by atoms with Crippen molar-refractivity contribution in [3.05, 3.63) is 0 Å². The number of nitrogens with zero attached hydrogens (tertiary/aromatic N) is 1. The van der Waals surface area contributed by atoms with E-state index in [1.54, 1.807) is 0 Å². The highest BCUT2D eigenvalue weighted by molar-refractivity contribution is 4.92. The van der Waals surface area contributed by atoms with Crippen molar-refractivity contribution < 1.29 is 0 Å². The van der Waals surface area contributed by atoms with Gasteiger partial charge in [-0.05, 0) is 58.8 Å². The molecule has 0 aromatic heterocycles. The van der Waals surface area contributed by atoms with Crippen LogP contribution in [-0.2, 0) is 0 Å². The summed E-state index contributed by atoms with van der Waals surface area (Å²) in [6.07, 6.45) is 7.03. The second kappa shape index (κ2) is 5.27. The topological polar surface area (TPSA) is 15.3 Å². The van der Waals surface area contributed by atoms with Gasteiger partial charge in [-0.3, -0.25) is 4.90 Å². The molecule has 100 valence electrons. The fourth-order valence-electron chi connectivity index (χ4n) is 2.36. The third-order valence-corrected chi connectivity index (χ3v) is 4.51. The lowest BCUT2D eigenvalue weighted by Crippen LogP contribution is -2.48. The van der Waals surface area contributed by atoms with Gasteiger partial charge in [-0.25, -0.2) is 0 Å². The monoisotopic (exact) mass is 238 g/mol. The molecule has 0 aromatic carbocycles. The molecule has 2 aliphatic rings. The van der Waals surface area contributed by atoms with Gasteiger partial charge in [0.2, 0.25) is 0 Å². The van der Waals surface area contributed by atoms with Crippen molar-refractivity contribution in [1.82, 2.24) is 10.2 Å². The summed E-state index contributed by atoms with van der Waals surface area (Å²) < 4.78 is 0. The van der Waals surface area contributed by atoms with E-state index >= 15 is 0 Å². The van der Waals surface area contributed by atoms with E-state index in [2.05, 4.69) is 37.9 Å². The van der Waals surface area contributed by atoms with E-state index in [0.29, 0.717) is 11.6 Å². The molecule has 0 spiro atoms. The zero-order chi connectivity index (χ0) is 12.5. The van der Waals surface area contributed by atoms with E-state index < -0.39 is 0 Å². The van der Waals surface area contributed by atoms with Gasteiger partial charge in [-0.2, -0.15) is 0 Å². The predicted octanol–water partition coefficient (Wildman–Crippen LogP) is 3.03. The normalized spacial score (nSPS) is 23.1. The van der Waals surface area contributed by atoms with Gasteiger partial charge in [0.1, 0.15) is 0 Å². The van der Waals surface area contributed by atoms with Crippen LogP contribution in [0.25, 0.3) is 0 Å². The molecular formula is C15H30N2. The van der Waals surface area contributed by atoms with E-state index in [1.807, 2.05) is 0 Å².